The van der Waals surface area contributed by atoms with E-state index in [-0.39, 0.29) is 18.5 Å². The molecule has 0 fully saturated rings. The quantitative estimate of drug-likeness (QED) is 0.652. The van der Waals surface area contributed by atoms with E-state index in [9.17, 15) is 9.18 Å². The maximum Gasteiger partial charge on any atom is 0.315 e. The molecular formula is C23H31FN3O3. The van der Waals surface area contributed by atoms with Crippen LogP contribution in [0, 0.1) is 30.3 Å². The lowest BCUT2D eigenvalue weighted by Crippen LogP contribution is -2.41. The van der Waals surface area contributed by atoms with Crippen molar-refractivity contribution in [3.8, 4) is 17.0 Å². The van der Waals surface area contributed by atoms with Gasteiger partial charge in [0.05, 0.1) is 16.8 Å². The van der Waals surface area contributed by atoms with E-state index in [1.165, 1.54) is 6.20 Å². The maximum atomic E-state index is 13.9. The summed E-state index contributed by atoms with van der Waals surface area (Å²) in [5.41, 5.74) is 5.67. The highest BCUT2D eigenvalue weighted by molar-refractivity contribution is 5.77. The molecule has 2 unspecified atom stereocenters. The van der Waals surface area contributed by atoms with Crippen LogP contribution >= 0.6 is 0 Å². The number of hydrogen-bond donors (Lipinski definition) is 1. The summed E-state index contributed by atoms with van der Waals surface area (Å²) in [5, 5.41) is 0. The predicted molar refractivity (Wildman–Crippen MR) is 113 cm³/mol. The molecule has 0 amide bonds. The molecule has 0 saturated carbocycles. The summed E-state index contributed by atoms with van der Waals surface area (Å²) in [4.78, 5) is 21.0. The van der Waals surface area contributed by atoms with Crippen molar-refractivity contribution in [2.45, 2.75) is 53.6 Å². The van der Waals surface area contributed by atoms with Gasteiger partial charge in [-0.15, -0.1) is 0 Å². The lowest BCUT2D eigenvalue weighted by molar-refractivity contribution is -0.169. The maximum absolute atomic E-state index is 13.9. The SMILES string of the molecule is Cc1nc(-c2ccn[c]c2F)ccc1OCC(C)(CC(C)CN)C(=O)OC(C)(C)C. The molecule has 0 aromatic carbocycles. The van der Waals surface area contributed by atoms with Gasteiger partial charge in [-0.25, -0.2) is 9.37 Å². The lowest BCUT2D eigenvalue weighted by atomic mass is 9.82. The van der Waals surface area contributed by atoms with E-state index in [1.807, 2.05) is 34.6 Å². The first-order valence-corrected chi connectivity index (χ1v) is 10.0. The number of halogens is 1. The molecule has 2 aromatic heterocycles. The van der Waals surface area contributed by atoms with Crippen LogP contribution in [-0.4, -0.2) is 34.7 Å². The van der Waals surface area contributed by atoms with Crippen molar-refractivity contribution in [3.63, 3.8) is 0 Å². The van der Waals surface area contributed by atoms with Gasteiger partial charge in [0.2, 0.25) is 0 Å². The van der Waals surface area contributed by atoms with Gasteiger partial charge >= 0.3 is 5.97 Å². The number of rotatable bonds is 8. The van der Waals surface area contributed by atoms with Crippen LogP contribution in [-0.2, 0) is 9.53 Å². The van der Waals surface area contributed by atoms with Gasteiger partial charge < -0.3 is 15.2 Å². The average molecular weight is 417 g/mol. The van der Waals surface area contributed by atoms with Gasteiger partial charge in [0.15, 0.2) is 5.82 Å². The molecule has 1 radical (unpaired) electrons. The van der Waals surface area contributed by atoms with E-state index in [1.54, 1.807) is 25.1 Å². The number of hydrogen-bond acceptors (Lipinski definition) is 6. The fourth-order valence-electron chi connectivity index (χ4n) is 3.08. The number of pyridine rings is 2. The number of carbonyl (C=O) groups is 1. The second-order valence-electron chi connectivity index (χ2n) is 8.96. The Morgan fingerprint density at radius 1 is 1.27 bits per heavy atom. The number of ether oxygens (including phenoxy) is 2. The number of nitrogens with zero attached hydrogens (tertiary/aromatic N) is 2. The average Bonchev–Trinajstić information content (AvgIpc) is 2.66. The van der Waals surface area contributed by atoms with Gasteiger partial charge in [-0.1, -0.05) is 6.92 Å². The third-order valence-electron chi connectivity index (χ3n) is 4.67. The van der Waals surface area contributed by atoms with Crippen LogP contribution in [0.1, 0.15) is 46.7 Å². The summed E-state index contributed by atoms with van der Waals surface area (Å²) in [5.74, 6) is -0.246. The minimum absolute atomic E-state index is 0.117. The van der Waals surface area contributed by atoms with Crippen molar-refractivity contribution in [2.75, 3.05) is 13.2 Å². The molecule has 2 aromatic rings. The Labute approximate surface area is 178 Å². The van der Waals surface area contributed by atoms with E-state index in [0.29, 0.717) is 35.7 Å². The second-order valence-corrected chi connectivity index (χ2v) is 8.96. The summed E-state index contributed by atoms with van der Waals surface area (Å²) < 4.78 is 25.6. The molecule has 0 aliphatic heterocycles. The molecular weight excluding hydrogens is 385 g/mol. The van der Waals surface area contributed by atoms with Crippen molar-refractivity contribution in [3.05, 3.63) is 42.1 Å². The summed E-state index contributed by atoms with van der Waals surface area (Å²) in [6.07, 6.45) is 4.27. The van der Waals surface area contributed by atoms with Crippen molar-refractivity contribution in [1.82, 2.24) is 9.97 Å². The third-order valence-corrected chi connectivity index (χ3v) is 4.67. The van der Waals surface area contributed by atoms with Crippen molar-refractivity contribution >= 4 is 5.97 Å². The second kappa shape index (κ2) is 9.51. The number of carbonyl (C=O) groups excluding carboxylic acids is 1. The molecule has 6 nitrogen and oxygen atoms in total. The van der Waals surface area contributed by atoms with Gasteiger partial charge in [-0.05, 0) is 71.7 Å². The Hall–Kier alpha value is -2.54. The molecule has 0 aliphatic carbocycles. The van der Waals surface area contributed by atoms with E-state index in [4.69, 9.17) is 15.2 Å². The first kappa shape index (κ1) is 23.7. The molecule has 163 valence electrons. The van der Waals surface area contributed by atoms with Crippen LogP contribution in [0.3, 0.4) is 0 Å². The Bertz CT molecular complexity index is 882. The summed E-state index contributed by atoms with van der Waals surface area (Å²) in [7, 11) is 0. The molecule has 2 rings (SSSR count). The Morgan fingerprint density at radius 2 is 1.97 bits per heavy atom. The molecule has 2 atom stereocenters. The molecule has 7 heteroatoms. The van der Waals surface area contributed by atoms with Crippen LogP contribution < -0.4 is 10.5 Å². The Kier molecular flexibility index (Phi) is 7.53. The summed E-state index contributed by atoms with van der Waals surface area (Å²) in [6, 6.07) is 4.93. The normalized spacial score (nSPS) is 14.7. The molecule has 0 saturated heterocycles. The number of esters is 1. The highest BCUT2D eigenvalue weighted by Gasteiger charge is 2.39. The topological polar surface area (TPSA) is 87.3 Å². The highest BCUT2D eigenvalue weighted by atomic mass is 19.1. The van der Waals surface area contributed by atoms with Crippen molar-refractivity contribution in [2.24, 2.45) is 17.1 Å². The number of aromatic nitrogens is 2. The van der Waals surface area contributed by atoms with Crippen LogP contribution in [0.4, 0.5) is 4.39 Å². The number of nitrogens with two attached hydrogens (primary N) is 1. The van der Waals surface area contributed by atoms with Crippen molar-refractivity contribution in [1.29, 1.82) is 0 Å². The van der Waals surface area contributed by atoms with Gasteiger partial charge in [-0.3, -0.25) is 9.78 Å². The summed E-state index contributed by atoms with van der Waals surface area (Å²) in [6.45, 7) is 11.7. The van der Waals surface area contributed by atoms with Gasteiger partial charge in [0, 0.05) is 11.8 Å². The molecule has 30 heavy (non-hydrogen) atoms. The fraction of sp³-hybridized carbons (Fsp3) is 0.522. The van der Waals surface area contributed by atoms with Crippen molar-refractivity contribution < 1.29 is 18.7 Å². The zero-order chi connectivity index (χ0) is 22.5. The Morgan fingerprint density at radius 3 is 2.53 bits per heavy atom. The number of aryl methyl sites for hydroxylation is 1. The van der Waals surface area contributed by atoms with Crippen LogP contribution in [0.15, 0.2) is 24.4 Å². The molecule has 0 bridgehead atoms. The largest absolute Gasteiger partial charge is 0.491 e. The lowest BCUT2D eigenvalue weighted by Gasteiger charge is -2.33. The smallest absolute Gasteiger partial charge is 0.315 e. The molecule has 0 spiro atoms. The first-order valence-electron chi connectivity index (χ1n) is 10.0. The van der Waals surface area contributed by atoms with E-state index in [2.05, 4.69) is 16.2 Å². The van der Waals surface area contributed by atoms with Crippen LogP contribution in [0.25, 0.3) is 11.3 Å². The zero-order valence-electron chi connectivity index (χ0n) is 18.6. The van der Waals surface area contributed by atoms with Crippen LogP contribution in [0.5, 0.6) is 5.75 Å². The molecule has 2 N–H and O–H groups in total. The van der Waals surface area contributed by atoms with Gasteiger partial charge in [-0.2, -0.15) is 0 Å². The minimum atomic E-state index is -0.872. The van der Waals surface area contributed by atoms with Gasteiger partial charge in [0.25, 0.3) is 0 Å². The van der Waals surface area contributed by atoms with E-state index >= 15 is 0 Å². The van der Waals surface area contributed by atoms with Gasteiger partial charge in [0.1, 0.15) is 24.2 Å². The molecule has 0 aliphatic rings. The fourth-order valence-corrected chi connectivity index (χ4v) is 3.08. The zero-order valence-corrected chi connectivity index (χ0v) is 18.6. The first-order chi connectivity index (χ1) is 13.9. The Balaban J connectivity index is 2.22. The standard InChI is InChI=1S/C23H31FN3O3/c1-15(12-25)11-23(6,21(28)30-22(3,4)5)14-29-20-8-7-19(27-16(20)2)17-9-10-26-13-18(17)24/h7-10,15H,11-12,14,25H2,1-6H3. The molecule has 2 heterocycles. The predicted octanol–water partition coefficient (Wildman–Crippen LogP) is 4.10. The van der Waals surface area contributed by atoms with E-state index in [0.717, 1.165) is 0 Å². The van der Waals surface area contributed by atoms with Crippen LogP contribution in [0.2, 0.25) is 0 Å². The minimum Gasteiger partial charge on any atom is -0.491 e. The highest BCUT2D eigenvalue weighted by Crippen LogP contribution is 2.32. The third kappa shape index (κ3) is 6.23. The van der Waals surface area contributed by atoms with E-state index < -0.39 is 16.8 Å². The monoisotopic (exact) mass is 416 g/mol. The summed E-state index contributed by atoms with van der Waals surface area (Å²) >= 11 is 0.